The Balaban J connectivity index is 1.91. The molecule has 6 heteroatoms. The van der Waals surface area contributed by atoms with Crippen LogP contribution in [0.25, 0.3) is 0 Å². The first kappa shape index (κ1) is 14.8. The molecule has 116 valence electrons. The molecule has 0 amide bonds. The summed E-state index contributed by atoms with van der Waals surface area (Å²) in [5.74, 6) is 0. The number of rotatable bonds is 2. The van der Waals surface area contributed by atoms with Crippen molar-refractivity contribution in [3.8, 4) is 0 Å². The number of aryl methyl sites for hydroxylation is 1. The van der Waals surface area contributed by atoms with Crippen LogP contribution in [0.5, 0.6) is 0 Å². The van der Waals surface area contributed by atoms with Gasteiger partial charge in [-0.15, -0.1) is 0 Å². The molecular weight excluding hydrogens is 286 g/mol. The Labute approximate surface area is 126 Å². The summed E-state index contributed by atoms with van der Waals surface area (Å²) in [5, 5.41) is 0. The van der Waals surface area contributed by atoms with Crippen LogP contribution in [0, 0.1) is 6.92 Å². The minimum Gasteiger partial charge on any atom is -0.398 e. The molecule has 0 saturated carbocycles. The summed E-state index contributed by atoms with van der Waals surface area (Å²) < 4.78 is 27.5. The van der Waals surface area contributed by atoms with Gasteiger partial charge in [0.1, 0.15) is 0 Å². The van der Waals surface area contributed by atoms with Crippen molar-refractivity contribution in [3.63, 3.8) is 0 Å². The molecule has 21 heavy (non-hydrogen) atoms. The van der Waals surface area contributed by atoms with Crippen LogP contribution >= 0.6 is 0 Å². The molecule has 1 aromatic rings. The molecule has 2 heterocycles. The maximum Gasteiger partial charge on any atom is 0.243 e. The van der Waals surface area contributed by atoms with Crippen molar-refractivity contribution in [3.05, 3.63) is 23.8 Å². The largest absolute Gasteiger partial charge is 0.398 e. The van der Waals surface area contributed by atoms with Gasteiger partial charge < -0.3 is 5.73 Å². The highest BCUT2D eigenvalue weighted by atomic mass is 32.2. The van der Waals surface area contributed by atoms with Gasteiger partial charge in [0.25, 0.3) is 0 Å². The van der Waals surface area contributed by atoms with Crippen molar-refractivity contribution in [1.82, 2.24) is 9.21 Å². The molecule has 2 unspecified atom stereocenters. The third kappa shape index (κ3) is 2.56. The van der Waals surface area contributed by atoms with Crippen LogP contribution in [0.1, 0.15) is 25.3 Å². The van der Waals surface area contributed by atoms with E-state index in [0.29, 0.717) is 23.2 Å². The maximum atomic E-state index is 12.9. The minimum atomic E-state index is -3.46. The van der Waals surface area contributed by atoms with E-state index in [0.717, 1.165) is 25.1 Å². The topological polar surface area (TPSA) is 66.6 Å². The van der Waals surface area contributed by atoms with Gasteiger partial charge in [-0.2, -0.15) is 4.31 Å². The fraction of sp³-hybridized carbons (Fsp3) is 0.600. The second kappa shape index (κ2) is 5.26. The molecular formula is C15H23N3O2S. The van der Waals surface area contributed by atoms with Crippen LogP contribution in [-0.4, -0.2) is 49.3 Å². The molecule has 2 atom stereocenters. The highest BCUT2D eigenvalue weighted by molar-refractivity contribution is 7.89. The molecule has 2 N–H and O–H groups in total. The molecule has 0 spiro atoms. The number of nitrogens with zero attached hydrogens (tertiary/aromatic N) is 2. The molecule has 2 saturated heterocycles. The smallest absolute Gasteiger partial charge is 0.243 e. The summed E-state index contributed by atoms with van der Waals surface area (Å²) in [4.78, 5) is 2.73. The first-order chi connectivity index (χ1) is 9.89. The number of nitrogen functional groups attached to an aromatic ring is 1. The van der Waals surface area contributed by atoms with Crippen molar-refractivity contribution in [2.45, 2.75) is 43.7 Å². The Hall–Kier alpha value is -1.11. The van der Waals surface area contributed by atoms with Crippen LogP contribution in [0.2, 0.25) is 0 Å². The third-order valence-corrected chi connectivity index (χ3v) is 6.71. The standard InChI is InChI=1S/C15H23N3O2S/c1-11-5-6-14(8-15(11)16)21(19,20)18-10-13-4-3-7-17(13)9-12(18)2/h5-6,8,12-13H,3-4,7,9-10,16H2,1-2H3. The van der Waals surface area contributed by atoms with Gasteiger partial charge in [0.15, 0.2) is 0 Å². The van der Waals surface area contributed by atoms with E-state index in [-0.39, 0.29) is 6.04 Å². The van der Waals surface area contributed by atoms with E-state index in [4.69, 9.17) is 5.73 Å². The average Bonchev–Trinajstić information content (AvgIpc) is 2.87. The lowest BCUT2D eigenvalue weighted by atomic mass is 10.1. The lowest BCUT2D eigenvalue weighted by Crippen LogP contribution is -2.56. The predicted octanol–water partition coefficient (Wildman–Crippen LogP) is 1.43. The van der Waals surface area contributed by atoms with E-state index in [2.05, 4.69) is 4.90 Å². The normalized spacial score (nSPS) is 27.7. The molecule has 1 aromatic carbocycles. The number of hydrogen-bond donors (Lipinski definition) is 1. The molecule has 0 aromatic heterocycles. The van der Waals surface area contributed by atoms with Crippen LogP contribution in [0.4, 0.5) is 5.69 Å². The monoisotopic (exact) mass is 309 g/mol. The number of fused-ring (bicyclic) bond motifs is 1. The summed E-state index contributed by atoms with van der Waals surface area (Å²) in [6.45, 7) is 6.39. The van der Waals surface area contributed by atoms with Crippen molar-refractivity contribution in [2.75, 3.05) is 25.4 Å². The van der Waals surface area contributed by atoms with E-state index < -0.39 is 10.0 Å². The molecule has 0 aliphatic carbocycles. The molecule has 2 aliphatic heterocycles. The fourth-order valence-corrected chi connectivity index (χ4v) is 5.11. The summed E-state index contributed by atoms with van der Waals surface area (Å²) >= 11 is 0. The first-order valence-electron chi connectivity index (χ1n) is 7.51. The zero-order valence-electron chi connectivity index (χ0n) is 12.6. The van der Waals surface area contributed by atoms with E-state index >= 15 is 0 Å². The highest BCUT2D eigenvalue weighted by Crippen LogP contribution is 2.29. The Morgan fingerprint density at radius 1 is 1.29 bits per heavy atom. The van der Waals surface area contributed by atoms with Crippen LogP contribution in [-0.2, 0) is 10.0 Å². The highest BCUT2D eigenvalue weighted by Gasteiger charge is 2.40. The Morgan fingerprint density at radius 3 is 2.76 bits per heavy atom. The van der Waals surface area contributed by atoms with Crippen LogP contribution in [0.3, 0.4) is 0 Å². The van der Waals surface area contributed by atoms with Crippen molar-refractivity contribution in [1.29, 1.82) is 0 Å². The number of benzene rings is 1. The zero-order valence-corrected chi connectivity index (χ0v) is 13.4. The Kier molecular flexibility index (Phi) is 3.71. The Bertz CT molecular complexity index is 644. The van der Waals surface area contributed by atoms with Gasteiger partial charge in [0.2, 0.25) is 10.0 Å². The Morgan fingerprint density at radius 2 is 2.05 bits per heavy atom. The molecule has 5 nitrogen and oxygen atoms in total. The zero-order chi connectivity index (χ0) is 15.2. The second-order valence-electron chi connectivity index (χ2n) is 6.23. The second-order valence-corrected chi connectivity index (χ2v) is 8.12. The number of piperazine rings is 1. The predicted molar refractivity (Wildman–Crippen MR) is 83.5 cm³/mol. The molecule has 2 aliphatic rings. The van der Waals surface area contributed by atoms with Crippen molar-refractivity contribution >= 4 is 15.7 Å². The maximum absolute atomic E-state index is 12.9. The third-order valence-electron chi connectivity index (χ3n) is 4.74. The van der Waals surface area contributed by atoms with Crippen LogP contribution < -0.4 is 5.73 Å². The summed E-state index contributed by atoms with van der Waals surface area (Å²) in [7, 11) is -3.46. The van der Waals surface area contributed by atoms with Crippen LogP contribution in [0.15, 0.2) is 23.1 Å². The average molecular weight is 309 g/mol. The van der Waals surface area contributed by atoms with Gasteiger partial charge in [-0.25, -0.2) is 8.42 Å². The quantitative estimate of drug-likeness (QED) is 0.839. The number of sulfonamides is 1. The van der Waals surface area contributed by atoms with Crippen molar-refractivity contribution < 1.29 is 8.42 Å². The van der Waals surface area contributed by atoms with E-state index in [9.17, 15) is 8.42 Å². The van der Waals surface area contributed by atoms with Gasteiger partial charge in [0.05, 0.1) is 4.90 Å². The molecule has 3 rings (SSSR count). The molecule has 0 radical (unpaired) electrons. The number of hydrogen-bond acceptors (Lipinski definition) is 4. The number of nitrogens with two attached hydrogens (primary N) is 1. The van der Waals surface area contributed by atoms with Crippen molar-refractivity contribution in [2.24, 2.45) is 0 Å². The lowest BCUT2D eigenvalue weighted by Gasteiger charge is -2.41. The van der Waals surface area contributed by atoms with Gasteiger partial charge in [-0.05, 0) is 50.9 Å². The van der Waals surface area contributed by atoms with E-state index in [1.165, 1.54) is 6.42 Å². The SMILES string of the molecule is Cc1ccc(S(=O)(=O)N2CC3CCCN3CC2C)cc1N. The molecule has 2 fully saturated rings. The van der Waals surface area contributed by atoms with E-state index in [1.54, 1.807) is 22.5 Å². The summed E-state index contributed by atoms with van der Waals surface area (Å²) in [6.07, 6.45) is 2.26. The van der Waals surface area contributed by atoms with Gasteiger partial charge in [-0.3, -0.25) is 4.90 Å². The molecule has 0 bridgehead atoms. The van der Waals surface area contributed by atoms with E-state index in [1.807, 2.05) is 13.8 Å². The van der Waals surface area contributed by atoms with Gasteiger partial charge >= 0.3 is 0 Å². The number of anilines is 1. The summed E-state index contributed by atoms with van der Waals surface area (Å²) in [5.41, 5.74) is 7.31. The lowest BCUT2D eigenvalue weighted by molar-refractivity contribution is 0.117. The first-order valence-corrected chi connectivity index (χ1v) is 8.95. The summed E-state index contributed by atoms with van der Waals surface area (Å²) in [6, 6.07) is 5.40. The fourth-order valence-electron chi connectivity index (χ4n) is 3.41. The minimum absolute atomic E-state index is 0.00637. The van der Waals surface area contributed by atoms with Gasteiger partial charge in [-0.1, -0.05) is 6.07 Å². The van der Waals surface area contributed by atoms with Gasteiger partial charge in [0, 0.05) is 30.9 Å².